The first-order valence-corrected chi connectivity index (χ1v) is 5.11. The van der Waals surface area contributed by atoms with Crippen LogP contribution < -0.4 is 0 Å². The van der Waals surface area contributed by atoms with Crippen LogP contribution in [-0.4, -0.2) is 57.8 Å². The first-order chi connectivity index (χ1) is 7.49. The highest BCUT2D eigenvalue weighted by atomic mass is 16.8. The minimum absolute atomic E-state index is 0.0176. The number of carbonyl (C=O) groups is 1. The van der Waals surface area contributed by atoms with Crippen LogP contribution in [-0.2, 0) is 19.0 Å². The van der Waals surface area contributed by atoms with Crippen LogP contribution in [0.25, 0.3) is 0 Å². The summed E-state index contributed by atoms with van der Waals surface area (Å²) < 4.78 is 15.2. The Hall–Kier alpha value is -0.730. The van der Waals surface area contributed by atoms with Gasteiger partial charge in [-0.15, -0.1) is 0 Å². The maximum absolute atomic E-state index is 11.6. The lowest BCUT2D eigenvalue weighted by Gasteiger charge is -2.41. The van der Waals surface area contributed by atoms with Crippen molar-refractivity contribution in [1.82, 2.24) is 0 Å². The molecule has 0 aromatic rings. The Bertz CT molecular complexity index is 345. The van der Waals surface area contributed by atoms with Crippen LogP contribution in [0.1, 0.15) is 12.8 Å². The highest BCUT2D eigenvalue weighted by molar-refractivity contribution is 5.84. The molecule has 0 aliphatic carbocycles. The third kappa shape index (κ3) is 0.975. The van der Waals surface area contributed by atoms with Crippen molar-refractivity contribution in [2.45, 2.75) is 42.7 Å². The molecule has 0 aromatic carbocycles. The van der Waals surface area contributed by atoms with Gasteiger partial charge in [-0.3, -0.25) is 0 Å². The highest BCUT2D eigenvalue weighted by Gasteiger charge is 2.76. The first-order valence-electron chi connectivity index (χ1n) is 5.11. The van der Waals surface area contributed by atoms with Crippen LogP contribution in [0.2, 0.25) is 0 Å². The van der Waals surface area contributed by atoms with Gasteiger partial charge in [-0.2, -0.15) is 0 Å². The van der Waals surface area contributed by atoms with E-state index >= 15 is 0 Å². The van der Waals surface area contributed by atoms with Gasteiger partial charge >= 0.3 is 5.97 Å². The highest BCUT2D eigenvalue weighted by Crippen LogP contribution is 2.51. The molecule has 3 saturated heterocycles. The van der Waals surface area contributed by atoms with E-state index in [1.54, 1.807) is 0 Å². The number of hydrogen-bond acceptors (Lipinski definition) is 7. The molecular weight excluding hydrogens is 220 g/mol. The largest absolute Gasteiger partial charge is 0.451 e. The molecule has 0 aromatic heterocycles. The summed E-state index contributed by atoms with van der Waals surface area (Å²) >= 11 is 0. The van der Waals surface area contributed by atoms with Gasteiger partial charge in [0.25, 0.3) is 5.79 Å². The lowest BCUT2D eigenvalue weighted by molar-refractivity contribution is -0.360. The molecule has 3 fully saturated rings. The second kappa shape index (κ2) is 2.93. The smallest absolute Gasteiger partial charge is 0.344 e. The van der Waals surface area contributed by atoms with Crippen LogP contribution in [0.15, 0.2) is 0 Å². The van der Waals surface area contributed by atoms with E-state index in [1.807, 2.05) is 0 Å². The predicted octanol–water partition coefficient (Wildman–Crippen LogP) is -2.14. The number of carbonyl (C=O) groups excluding carboxylic acids is 1. The van der Waals surface area contributed by atoms with Crippen molar-refractivity contribution in [3.63, 3.8) is 0 Å². The molecule has 3 aliphatic rings. The van der Waals surface area contributed by atoms with E-state index in [1.165, 1.54) is 0 Å². The molecule has 16 heavy (non-hydrogen) atoms. The van der Waals surface area contributed by atoms with Gasteiger partial charge in [-0.1, -0.05) is 0 Å². The molecule has 0 radical (unpaired) electrons. The number of ether oxygens (including phenoxy) is 3. The van der Waals surface area contributed by atoms with Crippen molar-refractivity contribution < 1.29 is 34.3 Å². The second-order valence-electron chi connectivity index (χ2n) is 4.34. The van der Waals surface area contributed by atoms with Crippen molar-refractivity contribution >= 4 is 5.97 Å². The molecule has 0 unspecified atom stereocenters. The van der Waals surface area contributed by atoms with Gasteiger partial charge in [0.05, 0.1) is 6.61 Å². The van der Waals surface area contributed by atoms with Gasteiger partial charge in [-0.05, 0) is 6.42 Å². The fourth-order valence-electron chi connectivity index (χ4n) is 2.57. The van der Waals surface area contributed by atoms with Crippen molar-refractivity contribution in [2.24, 2.45) is 0 Å². The number of rotatable bonds is 0. The monoisotopic (exact) mass is 232 g/mol. The summed E-state index contributed by atoms with van der Waals surface area (Å²) in [6.45, 7) is -0.104. The molecule has 0 bridgehead atoms. The van der Waals surface area contributed by atoms with E-state index in [9.17, 15) is 20.1 Å². The topological polar surface area (TPSA) is 105 Å². The molecule has 7 nitrogen and oxygen atoms in total. The second-order valence-corrected chi connectivity index (χ2v) is 4.34. The molecule has 3 rings (SSSR count). The third-order valence-corrected chi connectivity index (χ3v) is 3.40. The van der Waals surface area contributed by atoms with E-state index in [2.05, 4.69) is 0 Å². The zero-order chi connectivity index (χ0) is 11.6. The summed E-state index contributed by atoms with van der Waals surface area (Å²) in [7, 11) is 0. The predicted molar refractivity (Wildman–Crippen MR) is 45.8 cm³/mol. The number of hydrogen-bond donors (Lipinski definition) is 3. The fraction of sp³-hybridized carbons (Fsp3) is 0.889. The molecule has 0 amide bonds. The summed E-state index contributed by atoms with van der Waals surface area (Å²) in [4.78, 5) is 11.6. The fourth-order valence-corrected chi connectivity index (χ4v) is 2.57. The van der Waals surface area contributed by atoms with E-state index in [-0.39, 0.29) is 19.4 Å². The summed E-state index contributed by atoms with van der Waals surface area (Å²) in [5.74, 6) is -2.63. The Morgan fingerprint density at radius 2 is 2.12 bits per heavy atom. The Morgan fingerprint density at radius 1 is 1.38 bits per heavy atom. The minimum atomic E-state index is -1.94. The van der Waals surface area contributed by atoms with Gasteiger partial charge in [0.15, 0.2) is 12.4 Å². The molecule has 3 aliphatic heterocycles. The first kappa shape index (κ1) is 10.4. The third-order valence-electron chi connectivity index (χ3n) is 3.40. The Labute approximate surface area is 90.5 Å². The van der Waals surface area contributed by atoms with Crippen LogP contribution in [0.5, 0.6) is 0 Å². The van der Waals surface area contributed by atoms with Crippen LogP contribution in [0, 0.1) is 0 Å². The summed E-state index contributed by atoms with van der Waals surface area (Å²) in [6, 6.07) is 0. The molecule has 1 spiro atoms. The van der Waals surface area contributed by atoms with Gasteiger partial charge in [0.2, 0.25) is 5.60 Å². The molecule has 0 saturated carbocycles. The Balaban J connectivity index is 2.06. The minimum Gasteiger partial charge on any atom is -0.451 e. The molecule has 3 heterocycles. The van der Waals surface area contributed by atoms with Crippen LogP contribution in [0.4, 0.5) is 0 Å². The van der Waals surface area contributed by atoms with E-state index in [0.717, 1.165) is 0 Å². The summed E-state index contributed by atoms with van der Waals surface area (Å²) in [6.07, 6.45) is -3.18. The van der Waals surface area contributed by atoms with Crippen LogP contribution >= 0.6 is 0 Å². The van der Waals surface area contributed by atoms with E-state index in [4.69, 9.17) is 14.2 Å². The number of aliphatic hydroxyl groups is 3. The van der Waals surface area contributed by atoms with Crippen molar-refractivity contribution in [1.29, 1.82) is 0 Å². The maximum Gasteiger partial charge on any atom is 0.344 e. The van der Waals surface area contributed by atoms with Crippen molar-refractivity contribution in [2.75, 3.05) is 6.61 Å². The zero-order valence-corrected chi connectivity index (χ0v) is 8.33. The number of aliphatic hydroxyl groups excluding tert-OH is 2. The van der Waals surface area contributed by atoms with Crippen molar-refractivity contribution in [3.05, 3.63) is 0 Å². The zero-order valence-electron chi connectivity index (χ0n) is 8.33. The quantitative estimate of drug-likeness (QED) is 0.409. The normalized spacial score (nSPS) is 55.7. The van der Waals surface area contributed by atoms with Crippen molar-refractivity contribution in [3.8, 4) is 0 Å². The molecule has 90 valence electrons. The lowest BCUT2D eigenvalue weighted by Crippen LogP contribution is -2.63. The Morgan fingerprint density at radius 3 is 2.88 bits per heavy atom. The molecule has 5 atom stereocenters. The molecule has 7 heteroatoms. The SMILES string of the molecule is O=C1O[C@H]2[C@@H](O)CO[C@@]23O[C@H](O)CC[C@]13O. The lowest BCUT2D eigenvalue weighted by atomic mass is 9.84. The van der Waals surface area contributed by atoms with Crippen LogP contribution in [0.3, 0.4) is 0 Å². The summed E-state index contributed by atoms with van der Waals surface area (Å²) in [5.41, 5.74) is -1.94. The molecular formula is C9H12O7. The Kier molecular flexibility index (Phi) is 1.91. The van der Waals surface area contributed by atoms with Gasteiger partial charge in [0, 0.05) is 6.42 Å². The number of esters is 1. The van der Waals surface area contributed by atoms with Gasteiger partial charge in [0.1, 0.15) is 6.10 Å². The standard InChI is InChI=1S/C9H12O7/c10-4-3-14-9-6(4)15-7(12)8(9,13)2-1-5(11)16-9/h4-6,10-11,13H,1-3H2/t4-,5-,6-,8-,9+/m0/s1. The van der Waals surface area contributed by atoms with E-state index in [0.29, 0.717) is 0 Å². The average Bonchev–Trinajstić information content (AvgIpc) is 2.64. The van der Waals surface area contributed by atoms with Gasteiger partial charge < -0.3 is 29.5 Å². The summed E-state index contributed by atoms with van der Waals surface area (Å²) in [5, 5.41) is 29.2. The van der Waals surface area contributed by atoms with E-state index < -0.39 is 35.9 Å². The maximum atomic E-state index is 11.6. The molecule has 3 N–H and O–H groups in total. The van der Waals surface area contributed by atoms with Gasteiger partial charge in [-0.25, -0.2) is 4.79 Å². The average molecular weight is 232 g/mol.